The summed E-state index contributed by atoms with van der Waals surface area (Å²) in [4.78, 5) is 12.3. The van der Waals surface area contributed by atoms with Gasteiger partial charge in [-0.2, -0.15) is 0 Å². The zero-order chi connectivity index (χ0) is 19.2. The highest BCUT2D eigenvalue weighted by atomic mass is 32.1. The Hall–Kier alpha value is -3.13. The average Bonchev–Trinajstić information content (AvgIpc) is 3.17. The van der Waals surface area contributed by atoms with Crippen LogP contribution in [0.2, 0.25) is 0 Å². The number of nitrogens with zero attached hydrogens (tertiary/aromatic N) is 2. The van der Waals surface area contributed by atoms with E-state index in [1.54, 1.807) is 45.4 Å². The Balaban J connectivity index is 1.60. The van der Waals surface area contributed by atoms with Gasteiger partial charge in [-0.1, -0.05) is 11.3 Å². The van der Waals surface area contributed by atoms with E-state index in [1.807, 2.05) is 24.3 Å². The van der Waals surface area contributed by atoms with Crippen LogP contribution in [0.3, 0.4) is 0 Å². The van der Waals surface area contributed by atoms with Gasteiger partial charge >= 0.3 is 0 Å². The first-order valence-corrected chi connectivity index (χ1v) is 9.00. The Kier molecular flexibility index (Phi) is 5.87. The minimum Gasteiger partial charge on any atom is -0.497 e. The van der Waals surface area contributed by atoms with Crippen molar-refractivity contribution in [2.24, 2.45) is 0 Å². The quantitative estimate of drug-likeness (QED) is 0.669. The van der Waals surface area contributed by atoms with Crippen LogP contribution in [0.4, 0.5) is 5.13 Å². The van der Waals surface area contributed by atoms with Crippen molar-refractivity contribution < 1.29 is 19.0 Å². The third-order valence-corrected chi connectivity index (χ3v) is 4.62. The smallest absolute Gasteiger partial charge is 0.266 e. The number of hydrogen-bond acceptors (Lipinski definition) is 7. The standard InChI is InChI=1S/C19H19N3O4S/c1-12(26-16-10-8-15(25-3)9-11-16)17(23)20-19-22-21-18(27-19)13-4-6-14(24-2)7-5-13/h4-12H,1-3H3,(H,20,22,23)/t12-/m1/s1. The first-order chi connectivity index (χ1) is 13.1. The van der Waals surface area contributed by atoms with E-state index in [1.165, 1.54) is 11.3 Å². The minimum absolute atomic E-state index is 0.303. The molecule has 0 aliphatic heterocycles. The number of methoxy groups -OCH3 is 2. The van der Waals surface area contributed by atoms with Crippen molar-refractivity contribution in [1.82, 2.24) is 10.2 Å². The number of rotatable bonds is 7. The molecule has 0 bridgehead atoms. The van der Waals surface area contributed by atoms with Crippen molar-refractivity contribution in [2.75, 3.05) is 19.5 Å². The van der Waals surface area contributed by atoms with Gasteiger partial charge in [0.25, 0.3) is 5.91 Å². The van der Waals surface area contributed by atoms with Gasteiger partial charge in [-0.25, -0.2) is 0 Å². The molecule has 2 aromatic carbocycles. The van der Waals surface area contributed by atoms with Gasteiger partial charge in [0.1, 0.15) is 22.3 Å². The molecule has 7 nitrogen and oxygen atoms in total. The van der Waals surface area contributed by atoms with Crippen molar-refractivity contribution >= 4 is 22.4 Å². The van der Waals surface area contributed by atoms with Crippen LogP contribution in [0, 0.1) is 0 Å². The second-order valence-corrected chi connectivity index (χ2v) is 6.54. The van der Waals surface area contributed by atoms with Gasteiger partial charge in [-0.05, 0) is 55.5 Å². The second kappa shape index (κ2) is 8.50. The molecule has 0 radical (unpaired) electrons. The van der Waals surface area contributed by atoms with Gasteiger partial charge in [-0.15, -0.1) is 10.2 Å². The lowest BCUT2D eigenvalue weighted by atomic mass is 10.2. The summed E-state index contributed by atoms with van der Waals surface area (Å²) < 4.78 is 15.9. The predicted octanol–water partition coefficient (Wildman–Crippen LogP) is 3.63. The van der Waals surface area contributed by atoms with Crippen molar-refractivity contribution in [3.05, 3.63) is 48.5 Å². The third-order valence-electron chi connectivity index (χ3n) is 3.73. The van der Waals surface area contributed by atoms with Crippen LogP contribution in [-0.2, 0) is 4.79 Å². The maximum Gasteiger partial charge on any atom is 0.266 e. The molecule has 27 heavy (non-hydrogen) atoms. The van der Waals surface area contributed by atoms with E-state index in [9.17, 15) is 4.79 Å². The molecule has 1 aromatic heterocycles. The lowest BCUT2D eigenvalue weighted by molar-refractivity contribution is -0.122. The highest BCUT2D eigenvalue weighted by Gasteiger charge is 2.17. The Bertz CT molecular complexity index is 894. The number of carbonyl (C=O) groups excluding carboxylic acids is 1. The van der Waals surface area contributed by atoms with Gasteiger partial charge in [0.2, 0.25) is 5.13 Å². The predicted molar refractivity (Wildman–Crippen MR) is 104 cm³/mol. The van der Waals surface area contributed by atoms with Crippen LogP contribution in [0.5, 0.6) is 17.2 Å². The maximum atomic E-state index is 12.3. The number of ether oxygens (including phenoxy) is 3. The van der Waals surface area contributed by atoms with E-state index in [2.05, 4.69) is 15.5 Å². The van der Waals surface area contributed by atoms with Gasteiger partial charge in [0.15, 0.2) is 6.10 Å². The molecular formula is C19H19N3O4S. The molecule has 1 heterocycles. The SMILES string of the molecule is COc1ccc(O[C@H](C)C(=O)Nc2nnc(-c3ccc(OC)cc3)s2)cc1. The summed E-state index contributed by atoms with van der Waals surface area (Å²) in [6.45, 7) is 1.67. The number of nitrogens with one attached hydrogen (secondary N) is 1. The van der Waals surface area contributed by atoms with Crippen LogP contribution < -0.4 is 19.5 Å². The van der Waals surface area contributed by atoms with Gasteiger partial charge in [0.05, 0.1) is 14.2 Å². The summed E-state index contributed by atoms with van der Waals surface area (Å²) in [7, 11) is 3.21. The van der Waals surface area contributed by atoms with E-state index >= 15 is 0 Å². The van der Waals surface area contributed by atoms with Crippen LogP contribution in [-0.4, -0.2) is 36.4 Å². The van der Waals surface area contributed by atoms with Crippen LogP contribution >= 0.6 is 11.3 Å². The molecule has 3 aromatic rings. The van der Waals surface area contributed by atoms with Crippen molar-refractivity contribution in [3.8, 4) is 27.8 Å². The number of aromatic nitrogens is 2. The number of benzene rings is 2. The second-order valence-electron chi connectivity index (χ2n) is 5.57. The first-order valence-electron chi connectivity index (χ1n) is 8.18. The molecule has 3 rings (SSSR count). The van der Waals surface area contributed by atoms with Crippen LogP contribution in [0.15, 0.2) is 48.5 Å². The Labute approximate surface area is 160 Å². The minimum atomic E-state index is -0.688. The fourth-order valence-corrected chi connectivity index (χ4v) is 2.99. The molecule has 1 N–H and O–H groups in total. The fourth-order valence-electron chi connectivity index (χ4n) is 2.24. The summed E-state index contributed by atoms with van der Waals surface area (Å²) in [6.07, 6.45) is -0.688. The molecule has 0 fully saturated rings. The van der Waals surface area contributed by atoms with Crippen molar-refractivity contribution in [3.63, 3.8) is 0 Å². The van der Waals surface area contributed by atoms with Crippen LogP contribution in [0.25, 0.3) is 10.6 Å². The largest absolute Gasteiger partial charge is 0.497 e. The highest BCUT2D eigenvalue weighted by molar-refractivity contribution is 7.18. The van der Waals surface area contributed by atoms with E-state index in [0.29, 0.717) is 15.9 Å². The Morgan fingerprint density at radius 2 is 1.48 bits per heavy atom. The van der Waals surface area contributed by atoms with E-state index in [0.717, 1.165) is 17.1 Å². The molecule has 0 unspecified atom stereocenters. The van der Waals surface area contributed by atoms with Crippen molar-refractivity contribution in [2.45, 2.75) is 13.0 Å². The molecule has 8 heteroatoms. The lowest BCUT2D eigenvalue weighted by Crippen LogP contribution is -2.30. The van der Waals surface area contributed by atoms with Gasteiger partial charge in [0, 0.05) is 5.56 Å². The number of amides is 1. The monoisotopic (exact) mass is 385 g/mol. The van der Waals surface area contributed by atoms with Crippen molar-refractivity contribution in [1.29, 1.82) is 0 Å². The Morgan fingerprint density at radius 3 is 2.07 bits per heavy atom. The number of hydrogen-bond donors (Lipinski definition) is 1. The molecule has 0 saturated carbocycles. The molecule has 1 atom stereocenters. The molecular weight excluding hydrogens is 366 g/mol. The summed E-state index contributed by atoms with van der Waals surface area (Å²) in [6, 6.07) is 14.5. The zero-order valence-corrected chi connectivity index (χ0v) is 15.9. The first kappa shape index (κ1) is 18.7. The van der Waals surface area contributed by atoms with Gasteiger partial charge in [-0.3, -0.25) is 10.1 Å². The number of anilines is 1. The molecule has 0 saturated heterocycles. The van der Waals surface area contributed by atoms with Gasteiger partial charge < -0.3 is 14.2 Å². The molecule has 1 amide bonds. The molecule has 0 aliphatic carbocycles. The lowest BCUT2D eigenvalue weighted by Gasteiger charge is -2.13. The summed E-state index contributed by atoms with van der Waals surface area (Å²) in [5.41, 5.74) is 0.899. The summed E-state index contributed by atoms with van der Waals surface area (Å²) in [5.74, 6) is 1.76. The molecule has 0 aliphatic rings. The highest BCUT2D eigenvalue weighted by Crippen LogP contribution is 2.28. The van der Waals surface area contributed by atoms with E-state index < -0.39 is 6.10 Å². The molecule has 140 valence electrons. The van der Waals surface area contributed by atoms with Crippen LogP contribution in [0.1, 0.15) is 6.92 Å². The number of carbonyl (C=O) groups is 1. The normalized spacial score (nSPS) is 11.5. The zero-order valence-electron chi connectivity index (χ0n) is 15.1. The topological polar surface area (TPSA) is 82.6 Å². The summed E-state index contributed by atoms with van der Waals surface area (Å²) >= 11 is 1.29. The average molecular weight is 385 g/mol. The maximum absolute atomic E-state index is 12.3. The third kappa shape index (κ3) is 4.73. The fraction of sp³-hybridized carbons (Fsp3) is 0.211. The van der Waals surface area contributed by atoms with E-state index in [-0.39, 0.29) is 5.91 Å². The molecule has 0 spiro atoms. The Morgan fingerprint density at radius 1 is 0.926 bits per heavy atom. The summed E-state index contributed by atoms with van der Waals surface area (Å²) in [5, 5.41) is 12.0. The van der Waals surface area contributed by atoms with E-state index in [4.69, 9.17) is 14.2 Å².